The Morgan fingerprint density at radius 2 is 1.94 bits per heavy atom. The highest BCUT2D eigenvalue weighted by molar-refractivity contribution is 6.00. The summed E-state index contributed by atoms with van der Waals surface area (Å²) in [7, 11) is 0. The number of benzene rings is 2. The van der Waals surface area contributed by atoms with E-state index in [2.05, 4.69) is 36.4 Å². The number of hydrogen-bond donors (Lipinski definition) is 1. The van der Waals surface area contributed by atoms with Crippen LogP contribution in [0, 0.1) is 0 Å². The van der Waals surface area contributed by atoms with Crippen LogP contribution in [-0.2, 0) is 12.8 Å². The Morgan fingerprint density at radius 3 is 2.88 bits per heavy atom. The Balaban J connectivity index is 2.15. The van der Waals surface area contributed by atoms with Crippen LogP contribution in [0.4, 0.5) is 0 Å². The van der Waals surface area contributed by atoms with E-state index in [1.54, 1.807) is 0 Å². The Labute approximate surface area is 101 Å². The maximum atomic E-state index is 6.14. The number of hydrogen-bond acceptors (Lipinski definition) is 1. The van der Waals surface area contributed by atoms with Crippen molar-refractivity contribution in [3.63, 3.8) is 0 Å². The van der Waals surface area contributed by atoms with Gasteiger partial charge in [-0.15, -0.1) is 0 Å². The quantitative estimate of drug-likeness (QED) is 0.727. The molecule has 0 spiro atoms. The van der Waals surface area contributed by atoms with Gasteiger partial charge in [0.2, 0.25) is 0 Å². The summed E-state index contributed by atoms with van der Waals surface area (Å²) in [4.78, 5) is 0. The zero-order chi connectivity index (χ0) is 11.4. The Morgan fingerprint density at radius 1 is 1.00 bits per heavy atom. The molecule has 1 heteroatoms. The largest absolute Gasteiger partial charge is 0.327 e. The summed E-state index contributed by atoms with van der Waals surface area (Å²) in [6.45, 7) is 0. The van der Waals surface area contributed by atoms with Crippen molar-refractivity contribution in [1.82, 2.24) is 0 Å². The van der Waals surface area contributed by atoms with Crippen LogP contribution in [-0.4, -0.2) is 6.04 Å². The molecular weight excluding hydrogens is 206 g/mol. The van der Waals surface area contributed by atoms with Gasteiger partial charge in [0.05, 0.1) is 0 Å². The van der Waals surface area contributed by atoms with Crippen LogP contribution in [0.1, 0.15) is 23.1 Å². The second-order valence-electron chi connectivity index (χ2n) is 5.22. The second-order valence-corrected chi connectivity index (χ2v) is 5.22. The molecule has 1 atom stereocenters. The molecule has 0 fully saturated rings. The van der Waals surface area contributed by atoms with Gasteiger partial charge in [0.15, 0.2) is 0 Å². The van der Waals surface area contributed by atoms with Gasteiger partial charge in [-0.25, -0.2) is 0 Å². The highest BCUT2D eigenvalue weighted by atomic mass is 14.6. The van der Waals surface area contributed by atoms with Crippen LogP contribution in [0.2, 0.25) is 0 Å². The van der Waals surface area contributed by atoms with E-state index >= 15 is 0 Å². The average Bonchev–Trinajstić information content (AvgIpc) is 2.35. The minimum Gasteiger partial charge on any atom is -0.327 e. The van der Waals surface area contributed by atoms with Crippen LogP contribution < -0.4 is 5.73 Å². The number of rotatable bonds is 0. The molecule has 2 N–H and O–H groups in total. The number of nitrogens with two attached hydrogens (primary N) is 1. The van der Waals surface area contributed by atoms with E-state index < -0.39 is 0 Å². The maximum absolute atomic E-state index is 6.14. The summed E-state index contributed by atoms with van der Waals surface area (Å²) in [6.07, 6.45) is 5.51. The van der Waals surface area contributed by atoms with Gasteiger partial charge in [-0.1, -0.05) is 36.4 Å². The van der Waals surface area contributed by atoms with E-state index in [9.17, 15) is 0 Å². The zero-order valence-electron chi connectivity index (χ0n) is 9.74. The molecule has 1 unspecified atom stereocenters. The van der Waals surface area contributed by atoms with Gasteiger partial charge in [-0.05, 0) is 52.3 Å². The molecule has 2 aliphatic carbocycles. The maximum Gasteiger partial charge on any atom is 0.0120 e. The van der Waals surface area contributed by atoms with E-state index in [1.165, 1.54) is 33.0 Å². The van der Waals surface area contributed by atoms with Crippen LogP contribution in [0.15, 0.2) is 36.4 Å². The van der Waals surface area contributed by atoms with Crippen LogP contribution in [0.25, 0.3) is 16.3 Å². The lowest BCUT2D eigenvalue weighted by atomic mass is 9.77. The van der Waals surface area contributed by atoms with Crippen molar-refractivity contribution in [2.75, 3.05) is 0 Å². The summed E-state index contributed by atoms with van der Waals surface area (Å²) in [5.41, 5.74) is 12.0. The van der Waals surface area contributed by atoms with Crippen molar-refractivity contribution < 1.29 is 0 Å². The van der Waals surface area contributed by atoms with Gasteiger partial charge in [0.1, 0.15) is 0 Å². The molecule has 0 saturated carbocycles. The predicted molar refractivity (Wildman–Crippen MR) is 71.9 cm³/mol. The van der Waals surface area contributed by atoms with Crippen LogP contribution >= 0.6 is 0 Å². The van der Waals surface area contributed by atoms with Crippen molar-refractivity contribution in [1.29, 1.82) is 0 Å². The standard InChI is InChI=1S/C16H15N/c17-14-8-12-6-4-10-2-1-3-11-5-7-13(9-14)16(12)15(10)11/h1-4,6-7,14H,5,8-9,17H2. The summed E-state index contributed by atoms with van der Waals surface area (Å²) in [5, 5.41) is 2.86. The average molecular weight is 221 g/mol. The smallest absolute Gasteiger partial charge is 0.0120 e. The van der Waals surface area contributed by atoms with Crippen LogP contribution in [0.5, 0.6) is 0 Å². The van der Waals surface area contributed by atoms with Gasteiger partial charge in [-0.3, -0.25) is 0 Å². The van der Waals surface area contributed by atoms with Gasteiger partial charge in [0, 0.05) is 6.04 Å². The summed E-state index contributed by atoms with van der Waals surface area (Å²) >= 11 is 0. The topological polar surface area (TPSA) is 26.0 Å². The third kappa shape index (κ3) is 1.23. The van der Waals surface area contributed by atoms with Crippen molar-refractivity contribution in [2.24, 2.45) is 5.73 Å². The normalized spacial score (nSPS) is 21.5. The van der Waals surface area contributed by atoms with Crippen molar-refractivity contribution in [3.05, 3.63) is 53.1 Å². The fourth-order valence-electron chi connectivity index (χ4n) is 3.36. The molecular formula is C16H15N. The van der Waals surface area contributed by atoms with E-state index in [0.717, 1.165) is 19.3 Å². The lowest BCUT2D eigenvalue weighted by Crippen LogP contribution is -2.28. The third-order valence-corrected chi connectivity index (χ3v) is 4.07. The molecule has 4 rings (SSSR count). The van der Waals surface area contributed by atoms with E-state index in [-0.39, 0.29) is 0 Å². The lowest BCUT2D eigenvalue weighted by molar-refractivity contribution is 0.668. The Kier molecular flexibility index (Phi) is 1.78. The molecule has 17 heavy (non-hydrogen) atoms. The molecule has 2 aromatic carbocycles. The van der Waals surface area contributed by atoms with Crippen LogP contribution in [0.3, 0.4) is 0 Å². The lowest BCUT2D eigenvalue weighted by Gasteiger charge is -2.29. The predicted octanol–water partition coefficient (Wildman–Crippen LogP) is 3.05. The van der Waals surface area contributed by atoms with Gasteiger partial charge >= 0.3 is 0 Å². The molecule has 0 heterocycles. The van der Waals surface area contributed by atoms with E-state index in [1.807, 2.05) is 0 Å². The minimum atomic E-state index is 0.302. The van der Waals surface area contributed by atoms with Crippen molar-refractivity contribution >= 4 is 16.3 Å². The molecule has 0 amide bonds. The molecule has 2 aliphatic rings. The highest BCUT2D eigenvalue weighted by Gasteiger charge is 2.24. The fraction of sp³-hybridized carbons (Fsp3) is 0.250. The molecule has 84 valence electrons. The molecule has 0 aliphatic heterocycles. The van der Waals surface area contributed by atoms with Gasteiger partial charge < -0.3 is 5.73 Å². The van der Waals surface area contributed by atoms with E-state index in [0.29, 0.717) is 6.04 Å². The molecule has 2 aromatic rings. The molecule has 1 nitrogen and oxygen atoms in total. The number of allylic oxidation sites excluding steroid dienone is 1. The Hall–Kier alpha value is -1.60. The highest BCUT2D eigenvalue weighted by Crippen LogP contribution is 2.40. The molecule has 0 radical (unpaired) electrons. The summed E-state index contributed by atoms with van der Waals surface area (Å²) < 4.78 is 0. The van der Waals surface area contributed by atoms with Crippen molar-refractivity contribution in [3.8, 4) is 0 Å². The second kappa shape index (κ2) is 3.21. The van der Waals surface area contributed by atoms with Gasteiger partial charge in [0.25, 0.3) is 0 Å². The fourth-order valence-corrected chi connectivity index (χ4v) is 3.36. The summed E-state index contributed by atoms with van der Waals surface area (Å²) in [6, 6.07) is 11.5. The first-order chi connectivity index (χ1) is 8.33. The first kappa shape index (κ1) is 9.43. The molecule has 0 bridgehead atoms. The molecule has 0 saturated heterocycles. The first-order valence-corrected chi connectivity index (χ1v) is 6.31. The van der Waals surface area contributed by atoms with E-state index in [4.69, 9.17) is 5.73 Å². The third-order valence-electron chi connectivity index (χ3n) is 4.07. The zero-order valence-corrected chi connectivity index (χ0v) is 9.74. The van der Waals surface area contributed by atoms with Crippen molar-refractivity contribution in [2.45, 2.75) is 25.3 Å². The minimum absolute atomic E-state index is 0.302. The summed E-state index contributed by atoms with van der Waals surface area (Å²) in [5.74, 6) is 0. The monoisotopic (exact) mass is 221 g/mol. The first-order valence-electron chi connectivity index (χ1n) is 6.31. The SMILES string of the molecule is NC1CC2=CCc3cccc4ccc(c2c34)C1. The van der Waals surface area contributed by atoms with Gasteiger partial charge in [-0.2, -0.15) is 0 Å². The Bertz CT molecular complexity index is 652. The molecule has 0 aromatic heterocycles.